The lowest BCUT2D eigenvalue weighted by Crippen LogP contribution is -2.15. The highest BCUT2D eigenvalue weighted by Crippen LogP contribution is 2.32. The van der Waals surface area contributed by atoms with Gasteiger partial charge in [-0.15, -0.1) is 0 Å². The molecule has 0 spiro atoms. The Morgan fingerprint density at radius 2 is 1.81 bits per heavy atom. The second-order valence-corrected chi connectivity index (χ2v) is 5.79. The highest BCUT2D eigenvalue weighted by molar-refractivity contribution is 5.95. The molecule has 130 valence electrons. The summed E-state index contributed by atoms with van der Waals surface area (Å²) >= 11 is 0. The lowest BCUT2D eigenvalue weighted by molar-refractivity contribution is -0.384. The van der Waals surface area contributed by atoms with Crippen LogP contribution >= 0.6 is 0 Å². The number of hydrogen-bond donors (Lipinski definition) is 1. The molecule has 1 heterocycles. The number of nitro benzene ring substituents is 1. The maximum absolute atomic E-state index is 11.5. The average molecular weight is 347 g/mol. The standard InChI is InChI=1S/C20H17N3O3/c1-14(24)16-10-11-17(19(13-16)23(25)26)22-20(15-7-3-2-4-8-15)18-9-5-6-12-21-18/h2-13,20,22H,1H3/t20-/m1/s1. The summed E-state index contributed by atoms with van der Waals surface area (Å²) < 4.78 is 0. The van der Waals surface area contributed by atoms with Crippen LogP contribution in [0.3, 0.4) is 0 Å². The van der Waals surface area contributed by atoms with Crippen molar-refractivity contribution in [2.24, 2.45) is 0 Å². The van der Waals surface area contributed by atoms with Gasteiger partial charge in [-0.2, -0.15) is 0 Å². The van der Waals surface area contributed by atoms with Crippen molar-refractivity contribution in [3.63, 3.8) is 0 Å². The van der Waals surface area contributed by atoms with Crippen LogP contribution < -0.4 is 5.32 Å². The second-order valence-electron chi connectivity index (χ2n) is 5.79. The third-order valence-electron chi connectivity index (χ3n) is 4.02. The molecule has 0 radical (unpaired) electrons. The Bertz CT molecular complexity index is 888. The van der Waals surface area contributed by atoms with Crippen molar-refractivity contribution in [1.29, 1.82) is 0 Å². The van der Waals surface area contributed by atoms with Crippen molar-refractivity contribution < 1.29 is 9.72 Å². The molecule has 6 heteroatoms. The van der Waals surface area contributed by atoms with Crippen LogP contribution in [0.15, 0.2) is 72.9 Å². The molecular formula is C20H17N3O3. The molecule has 0 fully saturated rings. The van der Waals surface area contributed by atoms with Crippen LogP contribution in [-0.2, 0) is 0 Å². The summed E-state index contributed by atoms with van der Waals surface area (Å²) in [6, 6.07) is 19.2. The molecule has 1 atom stereocenters. The van der Waals surface area contributed by atoms with E-state index in [2.05, 4.69) is 10.3 Å². The van der Waals surface area contributed by atoms with E-state index in [1.165, 1.54) is 13.0 Å². The Morgan fingerprint density at radius 1 is 1.08 bits per heavy atom. The van der Waals surface area contributed by atoms with Gasteiger partial charge in [-0.1, -0.05) is 36.4 Å². The third-order valence-corrected chi connectivity index (χ3v) is 4.02. The van der Waals surface area contributed by atoms with Crippen LogP contribution in [0, 0.1) is 10.1 Å². The topological polar surface area (TPSA) is 85.1 Å². The Balaban J connectivity index is 2.05. The molecule has 1 aromatic heterocycles. The first-order valence-electron chi connectivity index (χ1n) is 8.08. The van der Waals surface area contributed by atoms with Gasteiger partial charge in [0.2, 0.25) is 0 Å². The fourth-order valence-corrected chi connectivity index (χ4v) is 2.70. The number of Topliss-reactive ketones (excluding diaryl/α,β-unsaturated/α-hetero) is 1. The molecule has 0 aliphatic rings. The van der Waals surface area contributed by atoms with E-state index < -0.39 is 4.92 Å². The minimum absolute atomic E-state index is 0.144. The summed E-state index contributed by atoms with van der Waals surface area (Å²) in [6.45, 7) is 1.38. The molecule has 0 saturated carbocycles. The predicted octanol–water partition coefficient (Wildman–Crippen LogP) is 4.39. The zero-order chi connectivity index (χ0) is 18.5. The Morgan fingerprint density at radius 3 is 2.42 bits per heavy atom. The SMILES string of the molecule is CC(=O)c1ccc(N[C@H](c2ccccc2)c2ccccn2)c([N+](=O)[O-])c1. The van der Waals surface area contributed by atoms with Gasteiger partial charge in [-0.25, -0.2) is 0 Å². The maximum atomic E-state index is 11.5. The third kappa shape index (κ3) is 3.75. The number of pyridine rings is 1. The largest absolute Gasteiger partial charge is 0.367 e. The molecular weight excluding hydrogens is 330 g/mol. The number of nitrogens with one attached hydrogen (secondary N) is 1. The Kier molecular flexibility index (Phi) is 5.03. The van der Waals surface area contributed by atoms with Gasteiger partial charge in [0.05, 0.1) is 16.7 Å². The Hall–Kier alpha value is -3.54. The van der Waals surface area contributed by atoms with E-state index in [4.69, 9.17) is 0 Å². The van der Waals surface area contributed by atoms with E-state index in [0.29, 0.717) is 11.3 Å². The van der Waals surface area contributed by atoms with Gasteiger partial charge in [0.15, 0.2) is 5.78 Å². The molecule has 0 saturated heterocycles. The highest BCUT2D eigenvalue weighted by Gasteiger charge is 2.21. The van der Waals surface area contributed by atoms with Crippen LogP contribution in [0.4, 0.5) is 11.4 Å². The molecule has 0 amide bonds. The van der Waals surface area contributed by atoms with E-state index in [0.717, 1.165) is 11.3 Å². The number of nitrogens with zero attached hydrogens (tertiary/aromatic N) is 2. The van der Waals surface area contributed by atoms with Crippen molar-refractivity contribution in [2.45, 2.75) is 13.0 Å². The molecule has 26 heavy (non-hydrogen) atoms. The molecule has 2 aromatic carbocycles. The van der Waals surface area contributed by atoms with E-state index in [9.17, 15) is 14.9 Å². The molecule has 1 N–H and O–H groups in total. The van der Waals surface area contributed by atoms with Gasteiger partial charge < -0.3 is 5.32 Å². The zero-order valence-electron chi connectivity index (χ0n) is 14.1. The molecule has 3 rings (SSSR count). The monoisotopic (exact) mass is 347 g/mol. The molecule has 0 aliphatic carbocycles. The number of carbonyl (C=O) groups excluding carboxylic acids is 1. The normalized spacial score (nSPS) is 11.6. The number of carbonyl (C=O) groups is 1. The summed E-state index contributed by atoms with van der Waals surface area (Å²) in [5.74, 6) is -0.219. The van der Waals surface area contributed by atoms with Gasteiger partial charge in [-0.3, -0.25) is 19.9 Å². The van der Waals surface area contributed by atoms with Gasteiger partial charge in [-0.05, 0) is 36.8 Å². The fraction of sp³-hybridized carbons (Fsp3) is 0.100. The van der Waals surface area contributed by atoms with Gasteiger partial charge >= 0.3 is 0 Å². The van der Waals surface area contributed by atoms with E-state index >= 15 is 0 Å². The number of aromatic nitrogens is 1. The van der Waals surface area contributed by atoms with Crippen LogP contribution in [0.1, 0.15) is 34.6 Å². The lowest BCUT2D eigenvalue weighted by Gasteiger charge is -2.20. The van der Waals surface area contributed by atoms with Crippen LogP contribution in [0.2, 0.25) is 0 Å². The fourth-order valence-electron chi connectivity index (χ4n) is 2.70. The molecule has 3 aromatic rings. The smallest absolute Gasteiger partial charge is 0.293 e. The van der Waals surface area contributed by atoms with Gasteiger partial charge in [0.25, 0.3) is 5.69 Å². The minimum atomic E-state index is -0.491. The number of anilines is 1. The second kappa shape index (κ2) is 7.57. The summed E-state index contributed by atoms with van der Waals surface area (Å²) in [5.41, 5.74) is 2.16. The van der Waals surface area contributed by atoms with Crippen molar-refractivity contribution in [1.82, 2.24) is 4.98 Å². The maximum Gasteiger partial charge on any atom is 0.293 e. The molecule has 0 aliphatic heterocycles. The van der Waals surface area contributed by atoms with E-state index in [1.807, 2.05) is 48.5 Å². The number of ketones is 1. The quantitative estimate of drug-likeness (QED) is 0.406. The zero-order valence-corrected chi connectivity index (χ0v) is 14.1. The number of rotatable bonds is 6. The summed E-state index contributed by atoms with van der Waals surface area (Å²) in [7, 11) is 0. The molecule has 0 bridgehead atoms. The first kappa shape index (κ1) is 17.3. The minimum Gasteiger partial charge on any atom is -0.367 e. The van der Waals surface area contributed by atoms with Gasteiger partial charge in [0.1, 0.15) is 5.69 Å². The van der Waals surface area contributed by atoms with E-state index in [1.54, 1.807) is 18.3 Å². The Labute approximate surface area is 150 Å². The highest BCUT2D eigenvalue weighted by atomic mass is 16.6. The predicted molar refractivity (Wildman–Crippen MR) is 99.2 cm³/mol. The van der Waals surface area contributed by atoms with Crippen LogP contribution in [-0.4, -0.2) is 15.7 Å². The van der Waals surface area contributed by atoms with E-state index in [-0.39, 0.29) is 17.5 Å². The number of hydrogen-bond acceptors (Lipinski definition) is 5. The summed E-state index contributed by atoms with van der Waals surface area (Å²) in [6.07, 6.45) is 1.68. The number of benzene rings is 2. The summed E-state index contributed by atoms with van der Waals surface area (Å²) in [5, 5.41) is 14.7. The average Bonchev–Trinajstić information content (AvgIpc) is 2.67. The van der Waals surface area contributed by atoms with Crippen LogP contribution in [0.5, 0.6) is 0 Å². The molecule has 0 unspecified atom stereocenters. The first-order chi connectivity index (χ1) is 12.6. The van der Waals surface area contributed by atoms with Crippen molar-refractivity contribution >= 4 is 17.2 Å². The van der Waals surface area contributed by atoms with Crippen molar-refractivity contribution in [2.75, 3.05) is 5.32 Å². The first-order valence-corrected chi connectivity index (χ1v) is 8.08. The van der Waals surface area contributed by atoms with Crippen molar-refractivity contribution in [3.8, 4) is 0 Å². The van der Waals surface area contributed by atoms with Gasteiger partial charge in [0, 0.05) is 17.8 Å². The number of nitro groups is 1. The summed E-state index contributed by atoms with van der Waals surface area (Å²) in [4.78, 5) is 26.9. The van der Waals surface area contributed by atoms with Crippen LogP contribution in [0.25, 0.3) is 0 Å². The lowest BCUT2D eigenvalue weighted by atomic mass is 10.0. The molecule has 6 nitrogen and oxygen atoms in total. The van der Waals surface area contributed by atoms with Crippen molar-refractivity contribution in [3.05, 3.63) is 99.9 Å².